The van der Waals surface area contributed by atoms with Crippen LogP contribution in [0, 0.1) is 0 Å². The number of nitrogens with one attached hydrogen (secondary N) is 1. The van der Waals surface area contributed by atoms with E-state index in [0.717, 1.165) is 5.56 Å². The van der Waals surface area contributed by atoms with Gasteiger partial charge in [0.2, 0.25) is 0 Å². The van der Waals surface area contributed by atoms with E-state index in [4.69, 9.17) is 9.16 Å². The number of carbonyl (C=O) groups is 2. The number of hydrazone groups is 1. The Balaban J connectivity index is 2.54. The lowest BCUT2D eigenvalue weighted by atomic mass is 10.0. The molecule has 178 valence electrons. The molecule has 7 heteroatoms. The Bertz CT molecular complexity index is 975. The molecule has 0 radical (unpaired) electrons. The van der Waals surface area contributed by atoms with E-state index in [2.05, 4.69) is 44.4 Å². The first-order valence-corrected chi connectivity index (χ1v) is 14.0. The van der Waals surface area contributed by atoms with Crippen LogP contribution in [0.5, 0.6) is 0 Å². The number of nitrogens with zero attached hydrogens (tertiary/aromatic N) is 1. The fourth-order valence-corrected chi connectivity index (χ4v) is 3.88. The van der Waals surface area contributed by atoms with Crippen LogP contribution >= 0.6 is 0 Å². The highest BCUT2D eigenvalue weighted by Gasteiger charge is 2.42. The monoisotopic (exact) mass is 468 g/mol. The van der Waals surface area contributed by atoms with Gasteiger partial charge >= 0.3 is 5.97 Å². The predicted molar refractivity (Wildman–Crippen MR) is 135 cm³/mol. The smallest absolute Gasteiger partial charge is 0.358 e. The van der Waals surface area contributed by atoms with Gasteiger partial charge in [-0.1, -0.05) is 69.3 Å². The summed E-state index contributed by atoms with van der Waals surface area (Å²) in [6.07, 6.45) is -0.794. The van der Waals surface area contributed by atoms with Gasteiger partial charge in [0.1, 0.15) is 11.7 Å². The summed E-state index contributed by atoms with van der Waals surface area (Å²) in [7, 11) is -2.34. The van der Waals surface area contributed by atoms with Gasteiger partial charge < -0.3 is 9.16 Å². The molecule has 1 unspecified atom stereocenters. The molecule has 0 aliphatic carbocycles. The molecule has 0 aromatic heterocycles. The third kappa shape index (κ3) is 7.65. The van der Waals surface area contributed by atoms with Crippen LogP contribution in [0.1, 0.15) is 63.6 Å². The number of esters is 1. The van der Waals surface area contributed by atoms with E-state index in [0.29, 0.717) is 5.56 Å². The van der Waals surface area contributed by atoms with Crippen LogP contribution in [0.25, 0.3) is 0 Å². The molecule has 0 aliphatic rings. The summed E-state index contributed by atoms with van der Waals surface area (Å²) in [4.78, 5) is 25.9. The van der Waals surface area contributed by atoms with E-state index >= 15 is 0 Å². The van der Waals surface area contributed by atoms with Crippen LogP contribution in [0.3, 0.4) is 0 Å². The lowest BCUT2D eigenvalue weighted by molar-refractivity contribution is -0.146. The van der Waals surface area contributed by atoms with E-state index < -0.39 is 31.9 Å². The molecule has 0 bridgehead atoms. The zero-order valence-electron chi connectivity index (χ0n) is 20.9. The van der Waals surface area contributed by atoms with Gasteiger partial charge in [0.15, 0.2) is 14.0 Å². The highest BCUT2D eigenvalue weighted by Crippen LogP contribution is 2.40. The maximum atomic E-state index is 13.3. The molecule has 1 N–H and O–H groups in total. The fourth-order valence-electron chi connectivity index (χ4n) is 2.69. The van der Waals surface area contributed by atoms with Crippen molar-refractivity contribution in [2.45, 2.75) is 71.4 Å². The molecular weight excluding hydrogens is 432 g/mol. The molecule has 1 amide bonds. The maximum absolute atomic E-state index is 13.3. The first-order valence-electron chi connectivity index (χ1n) is 11.1. The van der Waals surface area contributed by atoms with Gasteiger partial charge in [-0.25, -0.2) is 10.2 Å². The second-order valence-corrected chi connectivity index (χ2v) is 15.2. The molecular formula is C26H36N2O4Si. The molecule has 1 atom stereocenters. The molecule has 0 fully saturated rings. The van der Waals surface area contributed by atoms with Crippen LogP contribution in [-0.2, 0) is 14.0 Å². The summed E-state index contributed by atoms with van der Waals surface area (Å²) >= 11 is 0. The second kappa shape index (κ2) is 10.4. The largest absolute Gasteiger partial charge is 0.455 e. The standard InChI is InChI=1S/C26H36N2O4Si/c1-25(2,3)31-24(30)21(27-28-23(29)20-17-13-10-14-18-20)22(19-15-11-9-12-16-19)32-33(7,8)26(4,5)6/h9-18,22H,1-8H3,(H,28,29)/b27-21+. The Hall–Kier alpha value is -2.77. The van der Waals surface area contributed by atoms with Gasteiger partial charge in [-0.15, -0.1) is 0 Å². The van der Waals surface area contributed by atoms with E-state index in [-0.39, 0.29) is 10.7 Å². The number of carbonyl (C=O) groups excluding carboxylic acids is 2. The second-order valence-electron chi connectivity index (χ2n) is 10.5. The molecule has 0 spiro atoms. The van der Waals surface area contributed by atoms with Gasteiger partial charge in [-0.3, -0.25) is 4.79 Å². The molecule has 2 aromatic carbocycles. The zero-order chi connectivity index (χ0) is 24.9. The summed E-state index contributed by atoms with van der Waals surface area (Å²) in [5.74, 6) is -1.06. The van der Waals surface area contributed by atoms with E-state index in [1.165, 1.54) is 0 Å². The molecule has 2 aromatic rings. The quantitative estimate of drug-likeness (QED) is 0.238. The van der Waals surface area contributed by atoms with Crippen LogP contribution in [-0.4, -0.2) is 31.5 Å². The number of hydrogen-bond acceptors (Lipinski definition) is 5. The average Bonchev–Trinajstić information content (AvgIpc) is 2.72. The average molecular weight is 469 g/mol. The molecule has 0 saturated heterocycles. The van der Waals surface area contributed by atoms with Gasteiger partial charge in [0.25, 0.3) is 5.91 Å². The minimum Gasteiger partial charge on any atom is -0.455 e. The van der Waals surface area contributed by atoms with Crippen molar-refractivity contribution in [2.75, 3.05) is 0 Å². The topological polar surface area (TPSA) is 77.0 Å². The summed E-state index contributed by atoms with van der Waals surface area (Å²) in [5, 5.41) is 4.16. The number of rotatable bonds is 7. The van der Waals surface area contributed by atoms with Crippen molar-refractivity contribution in [2.24, 2.45) is 5.10 Å². The fraction of sp³-hybridized carbons (Fsp3) is 0.423. The summed E-state index contributed by atoms with van der Waals surface area (Å²) < 4.78 is 12.3. The van der Waals surface area contributed by atoms with Crippen molar-refractivity contribution in [1.29, 1.82) is 0 Å². The number of amides is 1. The zero-order valence-corrected chi connectivity index (χ0v) is 21.9. The van der Waals surface area contributed by atoms with Gasteiger partial charge in [-0.05, 0) is 56.6 Å². The Labute approximate surface area is 198 Å². The van der Waals surface area contributed by atoms with Crippen LogP contribution in [0.2, 0.25) is 18.1 Å². The third-order valence-corrected chi connectivity index (χ3v) is 9.93. The minimum absolute atomic E-state index is 0.00484. The van der Waals surface area contributed by atoms with Crippen molar-refractivity contribution >= 4 is 25.9 Å². The Morgan fingerprint density at radius 3 is 1.88 bits per heavy atom. The number of ether oxygens (including phenoxy) is 1. The Morgan fingerprint density at radius 1 is 0.879 bits per heavy atom. The van der Waals surface area contributed by atoms with Crippen LogP contribution in [0.15, 0.2) is 65.8 Å². The van der Waals surface area contributed by atoms with E-state index in [1.807, 2.05) is 36.4 Å². The van der Waals surface area contributed by atoms with Crippen molar-refractivity contribution in [3.05, 3.63) is 71.8 Å². The highest BCUT2D eigenvalue weighted by molar-refractivity contribution is 6.74. The van der Waals surface area contributed by atoms with E-state index in [9.17, 15) is 9.59 Å². The van der Waals surface area contributed by atoms with Crippen molar-refractivity contribution < 1.29 is 18.8 Å². The van der Waals surface area contributed by atoms with Crippen molar-refractivity contribution in [3.63, 3.8) is 0 Å². The molecule has 0 heterocycles. The molecule has 6 nitrogen and oxygen atoms in total. The minimum atomic E-state index is -2.34. The molecule has 0 saturated carbocycles. The van der Waals surface area contributed by atoms with Gasteiger partial charge in [-0.2, -0.15) is 5.10 Å². The van der Waals surface area contributed by atoms with Crippen molar-refractivity contribution in [1.82, 2.24) is 5.43 Å². The van der Waals surface area contributed by atoms with Crippen LogP contribution < -0.4 is 5.43 Å². The lowest BCUT2D eigenvalue weighted by Crippen LogP contribution is -2.45. The number of hydrogen-bond donors (Lipinski definition) is 1. The summed E-state index contributed by atoms with van der Waals surface area (Å²) in [6, 6.07) is 18.1. The third-order valence-electron chi connectivity index (χ3n) is 5.49. The Kier molecular flexibility index (Phi) is 8.38. The summed E-state index contributed by atoms with van der Waals surface area (Å²) in [5.41, 5.74) is 2.99. The Morgan fingerprint density at radius 2 is 1.39 bits per heavy atom. The molecule has 0 aliphatic heterocycles. The normalized spacial score (nSPS) is 13.9. The number of benzene rings is 2. The first-order chi connectivity index (χ1) is 15.2. The first kappa shape index (κ1) is 26.5. The van der Waals surface area contributed by atoms with Crippen LogP contribution in [0.4, 0.5) is 0 Å². The SMILES string of the molecule is CC(C)(C)OC(=O)/C(=N/NC(=O)c1ccccc1)C(O[Si](C)(C)C(C)(C)C)c1ccccc1. The van der Waals surface area contributed by atoms with Gasteiger partial charge in [0.05, 0.1) is 0 Å². The van der Waals surface area contributed by atoms with Crippen molar-refractivity contribution in [3.8, 4) is 0 Å². The molecule has 2 rings (SSSR count). The predicted octanol–water partition coefficient (Wildman–Crippen LogP) is 5.88. The summed E-state index contributed by atoms with van der Waals surface area (Å²) in [6.45, 7) is 16.0. The maximum Gasteiger partial charge on any atom is 0.358 e. The van der Waals surface area contributed by atoms with Gasteiger partial charge in [0, 0.05) is 5.56 Å². The molecule has 33 heavy (non-hydrogen) atoms. The van der Waals surface area contributed by atoms with E-state index in [1.54, 1.807) is 45.0 Å². The lowest BCUT2D eigenvalue weighted by Gasteiger charge is -2.39. The highest BCUT2D eigenvalue weighted by atomic mass is 28.4.